The number of pyridine rings is 2. The highest BCUT2D eigenvalue weighted by molar-refractivity contribution is 6.29. The summed E-state index contributed by atoms with van der Waals surface area (Å²) in [6.07, 6.45) is 3.95. The normalized spacial score (nSPS) is 13.3. The monoisotopic (exact) mass is 447 g/mol. The van der Waals surface area contributed by atoms with Gasteiger partial charge in [0.2, 0.25) is 6.41 Å². The summed E-state index contributed by atoms with van der Waals surface area (Å²) >= 11 is 6.06. The summed E-state index contributed by atoms with van der Waals surface area (Å²) in [6.45, 7) is 4.67. The average Bonchev–Trinajstić information content (AvgIpc) is 2.68. The highest BCUT2D eigenvalue weighted by atomic mass is 35.5. The minimum absolute atomic E-state index is 0.00536. The van der Waals surface area contributed by atoms with Crippen LogP contribution in [0.15, 0.2) is 47.1 Å². The van der Waals surface area contributed by atoms with E-state index in [0.29, 0.717) is 18.0 Å². The number of hydrogen-bond acceptors (Lipinski definition) is 5. The Morgan fingerprint density at radius 1 is 1.29 bits per heavy atom. The van der Waals surface area contributed by atoms with Crippen LogP contribution in [-0.4, -0.2) is 35.3 Å². The standard InChI is InChI=1S/C20H17BClF2N3O4/c1-10-7-25-15(20(29)30)6-16(10)27(9-28)11(2)4-17(12(3)22)31-19(21)18-14(24)5-13(23)8-26-18/h4-9,19H,1-3H3,(H,29,30)/b11-4-,17-12-. The number of aryl methyl sites for hydroxylation is 1. The Hall–Kier alpha value is -3.27. The van der Waals surface area contributed by atoms with Crippen molar-refractivity contribution >= 4 is 37.5 Å². The maximum Gasteiger partial charge on any atom is 0.354 e. The van der Waals surface area contributed by atoms with Gasteiger partial charge < -0.3 is 9.84 Å². The molecule has 1 amide bonds. The van der Waals surface area contributed by atoms with Crippen molar-refractivity contribution < 1.29 is 28.2 Å². The Labute approximate surface area is 183 Å². The number of amides is 1. The molecule has 7 nitrogen and oxygen atoms in total. The number of aromatic carboxylic acids is 1. The quantitative estimate of drug-likeness (QED) is 0.285. The molecule has 1 atom stereocenters. The zero-order valence-corrected chi connectivity index (χ0v) is 17.5. The van der Waals surface area contributed by atoms with Crippen LogP contribution < -0.4 is 4.90 Å². The summed E-state index contributed by atoms with van der Waals surface area (Å²) < 4.78 is 32.5. The first-order chi connectivity index (χ1) is 14.5. The smallest absolute Gasteiger partial charge is 0.354 e. The van der Waals surface area contributed by atoms with Crippen molar-refractivity contribution in [1.82, 2.24) is 9.97 Å². The maximum atomic E-state index is 13.9. The molecule has 2 heterocycles. The average molecular weight is 448 g/mol. The van der Waals surface area contributed by atoms with Crippen LogP contribution in [0.4, 0.5) is 14.5 Å². The van der Waals surface area contributed by atoms with Gasteiger partial charge in [-0.2, -0.15) is 0 Å². The van der Waals surface area contributed by atoms with Gasteiger partial charge in [0.15, 0.2) is 5.82 Å². The first-order valence-electron chi connectivity index (χ1n) is 8.77. The molecule has 0 aliphatic carbocycles. The molecule has 2 aromatic heterocycles. The predicted octanol–water partition coefficient (Wildman–Crippen LogP) is 3.98. The Morgan fingerprint density at radius 2 is 1.97 bits per heavy atom. The fraction of sp³-hybridized carbons (Fsp3) is 0.200. The Morgan fingerprint density at radius 3 is 2.52 bits per heavy atom. The Kier molecular flexibility index (Phi) is 7.87. The van der Waals surface area contributed by atoms with E-state index in [1.54, 1.807) is 13.8 Å². The molecule has 160 valence electrons. The number of carboxylic acids is 1. The second kappa shape index (κ2) is 10.2. The molecule has 0 saturated carbocycles. The van der Waals surface area contributed by atoms with E-state index in [9.17, 15) is 18.4 Å². The van der Waals surface area contributed by atoms with Gasteiger partial charge in [0, 0.05) is 24.0 Å². The first-order valence-corrected chi connectivity index (χ1v) is 9.15. The molecular formula is C20H17BClF2N3O4. The number of anilines is 1. The number of carboxylic acid groups (broad SMARTS) is 1. The van der Waals surface area contributed by atoms with Gasteiger partial charge >= 0.3 is 5.97 Å². The van der Waals surface area contributed by atoms with E-state index in [2.05, 4.69) is 9.97 Å². The summed E-state index contributed by atoms with van der Waals surface area (Å²) in [5.41, 5.74) is 0.508. The van der Waals surface area contributed by atoms with Crippen LogP contribution in [0.2, 0.25) is 0 Å². The molecule has 0 aliphatic rings. The summed E-state index contributed by atoms with van der Waals surface area (Å²) in [4.78, 5) is 31.5. The fourth-order valence-corrected chi connectivity index (χ4v) is 2.62. The van der Waals surface area contributed by atoms with Crippen LogP contribution in [0.5, 0.6) is 0 Å². The number of nitrogens with zero attached hydrogens (tertiary/aromatic N) is 3. The summed E-state index contributed by atoms with van der Waals surface area (Å²) in [5.74, 6) is -3.13. The lowest BCUT2D eigenvalue weighted by Crippen LogP contribution is -2.21. The topological polar surface area (TPSA) is 92.6 Å². The molecule has 0 aliphatic heterocycles. The van der Waals surface area contributed by atoms with E-state index in [1.807, 2.05) is 0 Å². The third kappa shape index (κ3) is 5.88. The maximum absolute atomic E-state index is 13.9. The van der Waals surface area contributed by atoms with Gasteiger partial charge in [-0.15, -0.1) is 0 Å². The van der Waals surface area contributed by atoms with E-state index < -0.39 is 23.6 Å². The second-order valence-corrected chi connectivity index (χ2v) is 6.95. The molecule has 0 saturated heterocycles. The molecule has 0 spiro atoms. The number of carbonyl (C=O) groups excluding carboxylic acids is 1. The van der Waals surface area contributed by atoms with Gasteiger partial charge in [-0.3, -0.25) is 14.7 Å². The zero-order valence-electron chi connectivity index (χ0n) is 16.8. The highest BCUT2D eigenvalue weighted by Gasteiger charge is 2.19. The number of rotatable bonds is 8. The van der Waals surface area contributed by atoms with E-state index in [0.717, 1.165) is 11.1 Å². The number of ether oxygens (including phenoxy) is 1. The van der Waals surface area contributed by atoms with Crippen molar-refractivity contribution in [1.29, 1.82) is 0 Å². The summed E-state index contributed by atoms with van der Waals surface area (Å²) in [5, 5.41) is 9.28. The number of halogens is 3. The van der Waals surface area contributed by atoms with E-state index >= 15 is 0 Å². The molecule has 0 bridgehead atoms. The molecule has 11 heteroatoms. The Balaban J connectivity index is 2.38. The van der Waals surface area contributed by atoms with Gasteiger partial charge in [-0.25, -0.2) is 18.6 Å². The lowest BCUT2D eigenvalue weighted by Gasteiger charge is -2.22. The SMILES string of the molecule is [B]C(OC(/C=C(/C)N(C=O)c1cc(C(=O)O)ncc1C)=C(/C)Cl)c1ncc(F)cc1F. The Bertz CT molecular complexity index is 1070. The molecule has 1 unspecified atom stereocenters. The molecule has 2 rings (SSSR count). The van der Waals surface area contributed by atoms with Crippen LogP contribution in [-0.2, 0) is 9.53 Å². The minimum Gasteiger partial charge on any atom is -0.493 e. The third-order valence-electron chi connectivity index (χ3n) is 4.08. The van der Waals surface area contributed by atoms with Gasteiger partial charge in [0.25, 0.3) is 0 Å². The van der Waals surface area contributed by atoms with Gasteiger partial charge in [-0.05, 0) is 32.4 Å². The first kappa shape index (κ1) is 24.0. The third-order valence-corrected chi connectivity index (χ3v) is 4.26. The van der Waals surface area contributed by atoms with Gasteiger partial charge in [-0.1, -0.05) is 11.6 Å². The van der Waals surface area contributed by atoms with Gasteiger partial charge in [0.05, 0.1) is 22.9 Å². The molecule has 2 radical (unpaired) electrons. The van der Waals surface area contributed by atoms with Crippen LogP contribution in [0.3, 0.4) is 0 Å². The molecule has 1 N–H and O–H groups in total. The molecule has 0 fully saturated rings. The number of hydrogen-bond donors (Lipinski definition) is 1. The van der Waals surface area contributed by atoms with Crippen LogP contribution in [0, 0.1) is 18.6 Å². The molecule has 2 aromatic rings. The number of allylic oxidation sites excluding steroid dienone is 3. The van der Waals surface area contributed by atoms with Crippen LogP contribution >= 0.6 is 11.6 Å². The lowest BCUT2D eigenvalue weighted by molar-refractivity contribution is -0.107. The molecular weight excluding hydrogens is 430 g/mol. The van der Waals surface area contributed by atoms with Crippen molar-refractivity contribution in [3.8, 4) is 0 Å². The van der Waals surface area contributed by atoms with Crippen LogP contribution in [0.1, 0.15) is 41.6 Å². The lowest BCUT2D eigenvalue weighted by atomic mass is 9.95. The summed E-state index contributed by atoms with van der Waals surface area (Å²) in [6, 6.07) is 0.439. The minimum atomic E-state index is -1.42. The largest absolute Gasteiger partial charge is 0.493 e. The zero-order chi connectivity index (χ0) is 23.3. The van der Waals surface area contributed by atoms with E-state index in [4.69, 9.17) is 29.3 Å². The van der Waals surface area contributed by atoms with E-state index in [1.165, 1.54) is 25.3 Å². The number of aromatic nitrogens is 2. The van der Waals surface area contributed by atoms with Crippen molar-refractivity contribution in [3.05, 3.63) is 75.7 Å². The van der Waals surface area contributed by atoms with Crippen molar-refractivity contribution in [2.45, 2.75) is 26.8 Å². The van der Waals surface area contributed by atoms with Crippen molar-refractivity contribution in [3.63, 3.8) is 0 Å². The van der Waals surface area contributed by atoms with E-state index in [-0.39, 0.29) is 33.6 Å². The highest BCUT2D eigenvalue weighted by Crippen LogP contribution is 2.27. The van der Waals surface area contributed by atoms with Crippen molar-refractivity contribution in [2.75, 3.05) is 4.90 Å². The van der Waals surface area contributed by atoms with Crippen molar-refractivity contribution in [2.24, 2.45) is 0 Å². The molecule has 0 aromatic carbocycles. The van der Waals surface area contributed by atoms with Gasteiger partial charge in [0.1, 0.15) is 30.8 Å². The predicted molar refractivity (Wildman–Crippen MR) is 111 cm³/mol. The summed E-state index contributed by atoms with van der Waals surface area (Å²) in [7, 11) is 5.83. The second-order valence-electron chi connectivity index (χ2n) is 6.38. The fourth-order valence-electron chi connectivity index (χ4n) is 2.52. The molecule has 31 heavy (non-hydrogen) atoms. The number of carbonyl (C=O) groups is 2. The van der Waals surface area contributed by atoms with Crippen LogP contribution in [0.25, 0.3) is 0 Å².